The molecule has 2 aromatic rings. The molecule has 5 heterocycles. The van der Waals surface area contributed by atoms with Gasteiger partial charge in [-0.25, -0.2) is 22.2 Å². The van der Waals surface area contributed by atoms with Crippen LogP contribution in [0.1, 0.15) is 81.0 Å². The number of nitrogens with two attached hydrogens (primary N) is 1. The van der Waals surface area contributed by atoms with Gasteiger partial charge in [0.25, 0.3) is 11.8 Å². The van der Waals surface area contributed by atoms with Crippen molar-refractivity contribution in [1.29, 1.82) is 0 Å². The highest BCUT2D eigenvalue weighted by Crippen LogP contribution is 2.44. The number of aromatic nitrogens is 3. The van der Waals surface area contributed by atoms with Gasteiger partial charge in [-0.2, -0.15) is 5.10 Å². The number of fused-ring (bicyclic) bond motifs is 2. The average Bonchev–Trinajstić information content (AvgIpc) is 3.33. The SMILES string of the molecule is Nc1nn2c(c1C(=O)Nc1cncc(F)c1N1CCC(C(=O)N3CC(F)(F)C3)CC1)NCC(F)C21CCCCCCCCC1. The Hall–Kier alpha value is -3.58. The summed E-state index contributed by atoms with van der Waals surface area (Å²) in [6.07, 6.45) is 10.2. The number of hydrogen-bond donors (Lipinski definition) is 3. The third-order valence-corrected chi connectivity index (χ3v) is 9.75. The summed E-state index contributed by atoms with van der Waals surface area (Å²) in [5.41, 5.74) is 5.72. The Morgan fingerprint density at radius 3 is 2.27 bits per heavy atom. The molecule has 0 bridgehead atoms. The Bertz CT molecular complexity index is 1380. The maximum absolute atomic E-state index is 15.7. The van der Waals surface area contributed by atoms with E-state index in [2.05, 4.69) is 20.7 Å². The number of likely N-dealkylation sites (tertiary alicyclic amines) is 1. The van der Waals surface area contributed by atoms with Gasteiger partial charge >= 0.3 is 0 Å². The van der Waals surface area contributed by atoms with E-state index in [-0.39, 0.29) is 48.3 Å². The van der Waals surface area contributed by atoms with Crippen LogP contribution in [0, 0.1) is 11.7 Å². The van der Waals surface area contributed by atoms with Crippen molar-refractivity contribution in [3.63, 3.8) is 0 Å². The Morgan fingerprint density at radius 2 is 1.64 bits per heavy atom. The lowest BCUT2D eigenvalue weighted by Gasteiger charge is -2.42. The van der Waals surface area contributed by atoms with Gasteiger partial charge in [-0.1, -0.05) is 44.9 Å². The molecule has 1 aliphatic carbocycles. The number of halogens is 4. The lowest BCUT2D eigenvalue weighted by molar-refractivity contribution is -0.170. The van der Waals surface area contributed by atoms with Gasteiger partial charge in [-0.05, 0) is 25.7 Å². The summed E-state index contributed by atoms with van der Waals surface area (Å²) in [4.78, 5) is 33.2. The van der Waals surface area contributed by atoms with E-state index in [0.717, 1.165) is 44.7 Å². The van der Waals surface area contributed by atoms with E-state index >= 15 is 8.78 Å². The third kappa shape index (κ3) is 5.67. The first kappa shape index (κ1) is 30.4. The van der Waals surface area contributed by atoms with Gasteiger partial charge in [0.15, 0.2) is 11.6 Å². The monoisotopic (exact) mass is 620 g/mol. The number of hydrogen-bond acceptors (Lipinski definition) is 7. The second kappa shape index (κ2) is 12.1. The van der Waals surface area contributed by atoms with Crippen molar-refractivity contribution < 1.29 is 27.2 Å². The molecule has 2 saturated heterocycles. The minimum absolute atomic E-state index is 0.0287. The zero-order valence-corrected chi connectivity index (χ0v) is 24.8. The molecular weight excluding hydrogens is 580 g/mol. The van der Waals surface area contributed by atoms with Crippen LogP contribution in [0.2, 0.25) is 0 Å². The first-order chi connectivity index (χ1) is 21.1. The molecule has 3 aliphatic heterocycles. The number of nitrogen functional groups attached to an aromatic ring is 1. The van der Waals surface area contributed by atoms with E-state index in [1.807, 2.05) is 0 Å². The number of pyridine rings is 1. The van der Waals surface area contributed by atoms with Gasteiger partial charge in [-0.15, -0.1) is 0 Å². The Morgan fingerprint density at radius 1 is 1.00 bits per heavy atom. The van der Waals surface area contributed by atoms with E-state index in [4.69, 9.17) is 5.73 Å². The third-order valence-electron chi connectivity index (χ3n) is 9.75. The Kier molecular flexibility index (Phi) is 8.35. The molecule has 6 rings (SSSR count). The van der Waals surface area contributed by atoms with Crippen molar-refractivity contribution in [2.45, 2.75) is 88.3 Å². The number of nitrogens with zero attached hydrogens (tertiary/aromatic N) is 5. The molecule has 2 amide bonds. The van der Waals surface area contributed by atoms with E-state index in [0.29, 0.717) is 31.5 Å². The highest BCUT2D eigenvalue weighted by molar-refractivity contribution is 6.12. The number of nitrogens with one attached hydrogen (secondary N) is 2. The standard InChI is InChI=1S/C30H40F4N8O2/c31-20-14-36-15-21(24(20)40-12-8-19(9-13-40)28(44)41-17-30(33,34)18-41)38-27(43)23-25(35)39-42-26(23)37-16-22(32)29(42)10-6-4-2-1-3-5-7-11-29/h14-15,19,22,37H,1-13,16-18H2,(H2,35,39)(H,38,43). The van der Waals surface area contributed by atoms with Crippen LogP contribution < -0.4 is 21.3 Å². The van der Waals surface area contributed by atoms with Crippen LogP contribution in [0.4, 0.5) is 40.6 Å². The van der Waals surface area contributed by atoms with Gasteiger partial charge in [0, 0.05) is 25.6 Å². The van der Waals surface area contributed by atoms with Crippen LogP contribution in [0.5, 0.6) is 0 Å². The maximum Gasteiger partial charge on any atom is 0.282 e. The van der Waals surface area contributed by atoms with Gasteiger partial charge in [0.2, 0.25) is 5.91 Å². The smallest absolute Gasteiger partial charge is 0.282 e. The number of alkyl halides is 3. The number of piperidine rings is 1. The first-order valence-corrected chi connectivity index (χ1v) is 15.7. The molecule has 240 valence electrons. The van der Waals surface area contributed by atoms with Crippen molar-refractivity contribution >= 4 is 34.8 Å². The molecule has 0 aromatic carbocycles. The largest absolute Gasteiger partial charge is 0.381 e. The molecular formula is C30H40F4N8O2. The maximum atomic E-state index is 15.7. The molecule has 10 nitrogen and oxygen atoms in total. The molecule has 4 N–H and O–H groups in total. The highest BCUT2D eigenvalue weighted by atomic mass is 19.3. The van der Waals surface area contributed by atoms with Crippen LogP contribution >= 0.6 is 0 Å². The van der Waals surface area contributed by atoms with Gasteiger partial charge < -0.3 is 26.2 Å². The molecule has 1 saturated carbocycles. The fourth-order valence-electron chi connectivity index (χ4n) is 7.35. The Balaban J connectivity index is 1.21. The van der Waals surface area contributed by atoms with Gasteiger partial charge in [0.1, 0.15) is 23.2 Å². The topological polar surface area (TPSA) is 121 Å². The van der Waals surface area contributed by atoms with E-state index in [1.54, 1.807) is 9.58 Å². The second-order valence-corrected chi connectivity index (χ2v) is 12.7. The molecule has 1 atom stereocenters. The predicted molar refractivity (Wildman–Crippen MR) is 158 cm³/mol. The van der Waals surface area contributed by atoms with Crippen LogP contribution in [0.15, 0.2) is 12.4 Å². The number of carbonyl (C=O) groups is 2. The second-order valence-electron chi connectivity index (χ2n) is 12.7. The zero-order chi connectivity index (χ0) is 31.1. The summed E-state index contributed by atoms with van der Waals surface area (Å²) in [5.74, 6) is -4.54. The number of rotatable bonds is 4. The summed E-state index contributed by atoms with van der Waals surface area (Å²) in [5, 5.41) is 10.3. The fraction of sp³-hybridized carbons (Fsp3) is 0.667. The van der Waals surface area contributed by atoms with Crippen LogP contribution in [0.25, 0.3) is 0 Å². The van der Waals surface area contributed by atoms with Gasteiger partial charge in [0.05, 0.1) is 36.7 Å². The molecule has 44 heavy (non-hydrogen) atoms. The summed E-state index contributed by atoms with van der Waals surface area (Å²) >= 11 is 0. The van der Waals surface area contributed by atoms with Crippen molar-refractivity contribution in [2.75, 3.05) is 54.0 Å². The van der Waals surface area contributed by atoms with Crippen molar-refractivity contribution in [1.82, 2.24) is 19.7 Å². The summed E-state index contributed by atoms with van der Waals surface area (Å²) in [6, 6.07) is 0. The van der Waals surface area contributed by atoms with E-state index in [1.165, 1.54) is 17.5 Å². The number of amides is 2. The minimum atomic E-state index is -2.83. The first-order valence-electron chi connectivity index (χ1n) is 15.7. The molecule has 14 heteroatoms. The van der Waals surface area contributed by atoms with Crippen molar-refractivity contribution in [3.05, 3.63) is 23.8 Å². The minimum Gasteiger partial charge on any atom is -0.381 e. The van der Waals surface area contributed by atoms with E-state index in [9.17, 15) is 18.4 Å². The van der Waals surface area contributed by atoms with Crippen LogP contribution in [0.3, 0.4) is 0 Å². The molecule has 0 radical (unpaired) electrons. The summed E-state index contributed by atoms with van der Waals surface area (Å²) < 4.78 is 59.1. The quantitative estimate of drug-likeness (QED) is 0.415. The molecule has 1 unspecified atom stereocenters. The highest BCUT2D eigenvalue weighted by Gasteiger charge is 2.49. The zero-order valence-electron chi connectivity index (χ0n) is 24.8. The van der Waals surface area contributed by atoms with Gasteiger partial charge in [-0.3, -0.25) is 14.6 Å². The van der Waals surface area contributed by atoms with Crippen molar-refractivity contribution in [2.24, 2.45) is 5.92 Å². The fourth-order valence-corrected chi connectivity index (χ4v) is 7.35. The Labute approximate surface area is 253 Å². The molecule has 4 aliphatic rings. The molecule has 2 aromatic heterocycles. The van der Waals surface area contributed by atoms with Crippen LogP contribution in [-0.4, -0.2) is 76.3 Å². The lowest BCUT2D eigenvalue weighted by Crippen LogP contribution is -2.60. The number of anilines is 4. The summed E-state index contributed by atoms with van der Waals surface area (Å²) in [7, 11) is 0. The van der Waals surface area contributed by atoms with E-state index < -0.39 is 48.4 Å². The lowest BCUT2D eigenvalue weighted by atomic mass is 9.80. The normalized spacial score (nSPS) is 23.8. The van der Waals surface area contributed by atoms with Crippen LogP contribution in [-0.2, 0) is 10.3 Å². The number of carbonyl (C=O) groups excluding carboxylic acids is 2. The molecule has 3 fully saturated rings. The molecule has 1 spiro atoms. The predicted octanol–water partition coefficient (Wildman–Crippen LogP) is 4.93. The summed E-state index contributed by atoms with van der Waals surface area (Å²) in [6.45, 7) is -0.522. The van der Waals surface area contributed by atoms with Crippen molar-refractivity contribution in [3.8, 4) is 0 Å². The average molecular weight is 621 g/mol.